The molecular formula is C22H29FN4O3. The maximum Gasteiger partial charge on any atom is 0.250 e. The number of aromatic nitrogens is 1. The van der Waals surface area contributed by atoms with Crippen molar-refractivity contribution >= 4 is 11.7 Å². The Morgan fingerprint density at radius 1 is 1.20 bits per heavy atom. The topological polar surface area (TPSA) is 89.7 Å². The van der Waals surface area contributed by atoms with Gasteiger partial charge in [0.25, 0.3) is 0 Å². The molecule has 162 valence electrons. The van der Waals surface area contributed by atoms with E-state index in [0.717, 1.165) is 37.3 Å². The molecule has 3 N–H and O–H groups in total. The van der Waals surface area contributed by atoms with Crippen molar-refractivity contribution in [1.82, 2.24) is 10.3 Å². The van der Waals surface area contributed by atoms with Crippen molar-refractivity contribution in [2.45, 2.75) is 39.3 Å². The van der Waals surface area contributed by atoms with E-state index in [2.05, 4.69) is 15.2 Å². The Morgan fingerprint density at radius 3 is 2.33 bits per heavy atom. The Morgan fingerprint density at radius 2 is 1.83 bits per heavy atom. The highest BCUT2D eigenvalue weighted by molar-refractivity contribution is 5.92. The van der Waals surface area contributed by atoms with E-state index in [1.807, 2.05) is 13.8 Å². The first-order valence-corrected chi connectivity index (χ1v) is 10.3. The maximum atomic E-state index is 14.6. The molecule has 1 aromatic heterocycles. The predicted molar refractivity (Wildman–Crippen MR) is 114 cm³/mol. The summed E-state index contributed by atoms with van der Waals surface area (Å²) in [5.74, 6) is 0.108. The summed E-state index contributed by atoms with van der Waals surface area (Å²) in [6.07, 6.45) is 3.40. The fourth-order valence-electron chi connectivity index (χ4n) is 3.65. The number of carbonyl (C=O) groups excluding carboxylic acids is 1. The van der Waals surface area contributed by atoms with Gasteiger partial charge in [-0.1, -0.05) is 0 Å². The number of ether oxygens (including phenoxy) is 2. The Bertz CT molecular complexity index is 827. The minimum atomic E-state index is -0.510. The molecule has 0 aliphatic carbocycles. The lowest BCUT2D eigenvalue weighted by Gasteiger charge is -2.36. The number of amides is 1. The minimum Gasteiger partial charge on any atom is -0.491 e. The third kappa shape index (κ3) is 5.18. The highest BCUT2D eigenvalue weighted by Crippen LogP contribution is 2.31. The molecular weight excluding hydrogens is 387 g/mol. The molecule has 8 heteroatoms. The van der Waals surface area contributed by atoms with Gasteiger partial charge in [-0.15, -0.1) is 0 Å². The number of nitrogens with one attached hydrogen (secondary N) is 1. The summed E-state index contributed by atoms with van der Waals surface area (Å²) < 4.78 is 25.6. The molecule has 1 saturated heterocycles. The van der Waals surface area contributed by atoms with Crippen molar-refractivity contribution < 1.29 is 18.7 Å². The number of piperidine rings is 1. The van der Waals surface area contributed by atoms with Crippen LogP contribution < -0.4 is 25.4 Å². The SMILES string of the molecule is CCOc1cc(CN(c2ccc(C(N)=O)cn2)C2CCNCC2)cc(OCC)c1F. The number of rotatable bonds is 9. The molecule has 0 saturated carbocycles. The maximum absolute atomic E-state index is 14.6. The van der Waals surface area contributed by atoms with Crippen LogP contribution in [0.3, 0.4) is 0 Å². The van der Waals surface area contributed by atoms with Gasteiger partial charge in [-0.05, 0) is 69.6 Å². The van der Waals surface area contributed by atoms with Gasteiger partial charge in [-0.3, -0.25) is 4.79 Å². The first-order valence-electron chi connectivity index (χ1n) is 10.3. The van der Waals surface area contributed by atoms with Crippen molar-refractivity contribution in [2.75, 3.05) is 31.2 Å². The van der Waals surface area contributed by atoms with Gasteiger partial charge in [0.05, 0.1) is 18.8 Å². The molecule has 7 nitrogen and oxygen atoms in total. The molecule has 0 radical (unpaired) electrons. The third-order valence-corrected chi connectivity index (χ3v) is 5.09. The Labute approximate surface area is 176 Å². The lowest BCUT2D eigenvalue weighted by atomic mass is 10.0. The summed E-state index contributed by atoms with van der Waals surface area (Å²) in [7, 11) is 0. The quantitative estimate of drug-likeness (QED) is 0.653. The zero-order valence-corrected chi connectivity index (χ0v) is 17.5. The summed E-state index contributed by atoms with van der Waals surface area (Å²) >= 11 is 0. The second kappa shape index (κ2) is 10.2. The van der Waals surface area contributed by atoms with Crippen LogP contribution in [0.15, 0.2) is 30.5 Å². The van der Waals surface area contributed by atoms with Crippen LogP contribution in [0.2, 0.25) is 0 Å². The van der Waals surface area contributed by atoms with Crippen molar-refractivity contribution in [3.8, 4) is 11.5 Å². The second-order valence-corrected chi connectivity index (χ2v) is 7.15. The zero-order chi connectivity index (χ0) is 21.5. The van der Waals surface area contributed by atoms with Gasteiger partial charge in [-0.25, -0.2) is 4.98 Å². The number of benzene rings is 1. The average molecular weight is 416 g/mol. The molecule has 1 amide bonds. The molecule has 2 heterocycles. The third-order valence-electron chi connectivity index (χ3n) is 5.09. The van der Waals surface area contributed by atoms with Crippen LogP contribution in [-0.2, 0) is 6.54 Å². The molecule has 1 fully saturated rings. The van der Waals surface area contributed by atoms with Gasteiger partial charge < -0.3 is 25.4 Å². The number of nitrogens with zero attached hydrogens (tertiary/aromatic N) is 2. The van der Waals surface area contributed by atoms with Crippen LogP contribution in [0.1, 0.15) is 42.6 Å². The van der Waals surface area contributed by atoms with E-state index in [-0.39, 0.29) is 17.5 Å². The average Bonchev–Trinajstić information content (AvgIpc) is 2.76. The van der Waals surface area contributed by atoms with Crippen LogP contribution in [-0.4, -0.2) is 43.2 Å². The van der Waals surface area contributed by atoms with E-state index in [1.54, 1.807) is 24.3 Å². The molecule has 0 atom stereocenters. The van der Waals surface area contributed by atoms with Gasteiger partial charge in [-0.2, -0.15) is 4.39 Å². The van der Waals surface area contributed by atoms with Crippen molar-refractivity contribution in [3.05, 3.63) is 47.4 Å². The number of nitrogens with two attached hydrogens (primary N) is 1. The number of anilines is 1. The van der Waals surface area contributed by atoms with E-state index < -0.39 is 11.7 Å². The molecule has 0 bridgehead atoms. The van der Waals surface area contributed by atoms with Crippen LogP contribution in [0.4, 0.5) is 10.2 Å². The summed E-state index contributed by atoms with van der Waals surface area (Å²) in [6.45, 7) is 6.70. The lowest BCUT2D eigenvalue weighted by molar-refractivity contribution is 0.1000. The van der Waals surface area contributed by atoms with Crippen LogP contribution in [0.25, 0.3) is 0 Å². The Balaban J connectivity index is 1.95. The fraction of sp³-hybridized carbons (Fsp3) is 0.455. The first kappa shape index (κ1) is 21.8. The van der Waals surface area contributed by atoms with Crippen molar-refractivity contribution in [1.29, 1.82) is 0 Å². The smallest absolute Gasteiger partial charge is 0.250 e. The summed E-state index contributed by atoms with van der Waals surface area (Å²) in [5, 5.41) is 3.37. The minimum absolute atomic E-state index is 0.181. The number of primary amides is 1. The normalized spacial score (nSPS) is 14.4. The van der Waals surface area contributed by atoms with Crippen LogP contribution in [0.5, 0.6) is 11.5 Å². The number of pyridine rings is 1. The summed E-state index contributed by atoms with van der Waals surface area (Å²) in [6, 6.07) is 7.17. The molecule has 0 unspecified atom stereocenters. The van der Waals surface area contributed by atoms with E-state index in [9.17, 15) is 9.18 Å². The van der Waals surface area contributed by atoms with Crippen molar-refractivity contribution in [3.63, 3.8) is 0 Å². The first-order chi connectivity index (χ1) is 14.5. The number of hydrogen-bond acceptors (Lipinski definition) is 6. The highest BCUT2D eigenvalue weighted by Gasteiger charge is 2.24. The largest absolute Gasteiger partial charge is 0.491 e. The van der Waals surface area contributed by atoms with E-state index in [1.165, 1.54) is 6.20 Å². The van der Waals surface area contributed by atoms with E-state index >= 15 is 0 Å². The molecule has 1 aliphatic rings. The van der Waals surface area contributed by atoms with Gasteiger partial charge in [0.2, 0.25) is 11.7 Å². The number of carbonyl (C=O) groups is 1. The van der Waals surface area contributed by atoms with E-state index in [0.29, 0.717) is 25.3 Å². The molecule has 1 aliphatic heterocycles. The lowest BCUT2D eigenvalue weighted by Crippen LogP contribution is -2.43. The fourth-order valence-corrected chi connectivity index (χ4v) is 3.65. The van der Waals surface area contributed by atoms with E-state index in [4.69, 9.17) is 15.2 Å². The van der Waals surface area contributed by atoms with Gasteiger partial charge in [0, 0.05) is 18.8 Å². The molecule has 30 heavy (non-hydrogen) atoms. The number of hydrogen-bond donors (Lipinski definition) is 2. The monoisotopic (exact) mass is 416 g/mol. The zero-order valence-electron chi connectivity index (χ0n) is 17.5. The Kier molecular flexibility index (Phi) is 7.46. The summed E-state index contributed by atoms with van der Waals surface area (Å²) in [4.78, 5) is 18.1. The number of halogens is 1. The van der Waals surface area contributed by atoms with Crippen LogP contribution >= 0.6 is 0 Å². The predicted octanol–water partition coefficient (Wildman–Crippen LogP) is 2.88. The Hall–Kier alpha value is -2.87. The van der Waals surface area contributed by atoms with Gasteiger partial charge in [0.15, 0.2) is 11.5 Å². The molecule has 1 aromatic carbocycles. The summed E-state index contributed by atoms with van der Waals surface area (Å²) in [5.41, 5.74) is 6.57. The standard InChI is InChI=1S/C22H29FN4O3/c1-3-29-18-11-15(12-19(21(18)23)30-4-2)14-27(17-7-9-25-10-8-17)20-6-5-16(13-26-20)22(24)28/h5-6,11-13,17,25H,3-4,7-10,14H2,1-2H3,(H2,24,28). The molecule has 3 rings (SSSR count). The second-order valence-electron chi connectivity index (χ2n) is 7.15. The van der Waals surface area contributed by atoms with Crippen molar-refractivity contribution in [2.24, 2.45) is 5.73 Å². The molecule has 0 spiro atoms. The van der Waals surface area contributed by atoms with Gasteiger partial charge in [0.1, 0.15) is 5.82 Å². The highest BCUT2D eigenvalue weighted by atomic mass is 19.1. The van der Waals surface area contributed by atoms with Crippen LogP contribution in [0, 0.1) is 5.82 Å². The molecule has 2 aromatic rings. The van der Waals surface area contributed by atoms with Gasteiger partial charge >= 0.3 is 0 Å².